The smallest absolute Gasteiger partial charge is 0.410 e. The quantitative estimate of drug-likeness (QED) is 0.318. The molecule has 2 aliphatic rings. The fourth-order valence-electron chi connectivity index (χ4n) is 3.82. The van der Waals surface area contributed by atoms with E-state index in [0.29, 0.717) is 6.54 Å². The Labute approximate surface area is 199 Å². The Balaban J connectivity index is 0.00000450. The zero-order valence-corrected chi connectivity index (χ0v) is 22.0. The SMILES string of the molecule is CCNC(=NCC1(N(C)C)CCOCC1)NC1CCCN(C(=O)OC(C)(C)C)C1.I. The van der Waals surface area contributed by atoms with Gasteiger partial charge in [0.2, 0.25) is 0 Å². The second kappa shape index (κ2) is 12.3. The zero-order chi connectivity index (χ0) is 21.5. The van der Waals surface area contributed by atoms with E-state index in [1.165, 1.54) is 0 Å². The molecule has 1 unspecified atom stereocenters. The minimum atomic E-state index is -0.474. The summed E-state index contributed by atoms with van der Waals surface area (Å²) in [6.07, 6.45) is 3.70. The fourth-order valence-corrected chi connectivity index (χ4v) is 3.82. The number of hydrogen-bond donors (Lipinski definition) is 2. The maximum atomic E-state index is 12.4. The number of guanidine groups is 1. The molecule has 0 bridgehead atoms. The van der Waals surface area contributed by atoms with Gasteiger partial charge < -0.3 is 29.9 Å². The van der Waals surface area contributed by atoms with Crippen molar-refractivity contribution in [2.45, 2.75) is 70.6 Å². The molecule has 2 fully saturated rings. The van der Waals surface area contributed by atoms with Crippen LogP contribution in [0.2, 0.25) is 0 Å². The summed E-state index contributed by atoms with van der Waals surface area (Å²) in [5.41, 5.74) is -0.437. The second-order valence-electron chi connectivity index (χ2n) is 9.34. The first-order valence-corrected chi connectivity index (χ1v) is 10.9. The molecule has 2 N–H and O–H groups in total. The predicted octanol–water partition coefficient (Wildman–Crippen LogP) is 2.67. The van der Waals surface area contributed by atoms with Crippen molar-refractivity contribution in [2.24, 2.45) is 4.99 Å². The van der Waals surface area contributed by atoms with Crippen molar-refractivity contribution < 1.29 is 14.3 Å². The monoisotopic (exact) mass is 539 g/mol. The van der Waals surface area contributed by atoms with Crippen LogP contribution in [0.5, 0.6) is 0 Å². The molecule has 2 aliphatic heterocycles. The van der Waals surface area contributed by atoms with Crippen molar-refractivity contribution in [2.75, 3.05) is 53.5 Å². The standard InChI is InChI=1S/C21H41N5O3.HI/c1-7-22-18(23-16-21(25(5)6)10-13-28-14-11-21)24-17-9-8-12-26(15-17)19(27)29-20(2,3)4;/h17H,7-16H2,1-6H3,(H2,22,23,24);1H. The van der Waals surface area contributed by atoms with Crippen LogP contribution in [-0.4, -0.2) is 92.5 Å². The molecule has 0 aromatic carbocycles. The van der Waals surface area contributed by atoms with Gasteiger partial charge in [-0.3, -0.25) is 4.99 Å². The largest absolute Gasteiger partial charge is 0.444 e. The molecule has 30 heavy (non-hydrogen) atoms. The summed E-state index contributed by atoms with van der Waals surface area (Å²) < 4.78 is 11.1. The van der Waals surface area contributed by atoms with E-state index >= 15 is 0 Å². The number of likely N-dealkylation sites (tertiary alicyclic amines) is 1. The summed E-state index contributed by atoms with van der Waals surface area (Å²) in [5, 5.41) is 6.90. The van der Waals surface area contributed by atoms with Crippen molar-refractivity contribution in [1.29, 1.82) is 0 Å². The fraction of sp³-hybridized carbons (Fsp3) is 0.905. The Bertz CT molecular complexity index is 559. The van der Waals surface area contributed by atoms with Gasteiger partial charge in [-0.2, -0.15) is 0 Å². The number of carbonyl (C=O) groups is 1. The maximum Gasteiger partial charge on any atom is 0.410 e. The molecular weight excluding hydrogens is 497 g/mol. The van der Waals surface area contributed by atoms with Crippen LogP contribution in [0.15, 0.2) is 4.99 Å². The molecule has 0 radical (unpaired) electrons. The zero-order valence-electron chi connectivity index (χ0n) is 19.6. The van der Waals surface area contributed by atoms with E-state index in [1.807, 2.05) is 20.8 Å². The van der Waals surface area contributed by atoms with Crippen molar-refractivity contribution in [3.05, 3.63) is 0 Å². The van der Waals surface area contributed by atoms with E-state index in [1.54, 1.807) is 4.90 Å². The third-order valence-electron chi connectivity index (χ3n) is 5.66. The molecule has 2 rings (SSSR count). The molecule has 8 nitrogen and oxygen atoms in total. The average Bonchev–Trinajstić information content (AvgIpc) is 2.66. The maximum absolute atomic E-state index is 12.4. The van der Waals surface area contributed by atoms with Crippen molar-refractivity contribution in [3.63, 3.8) is 0 Å². The summed E-state index contributed by atoms with van der Waals surface area (Å²) in [5.74, 6) is 0.816. The van der Waals surface area contributed by atoms with Gasteiger partial charge in [0.15, 0.2) is 5.96 Å². The highest BCUT2D eigenvalue weighted by molar-refractivity contribution is 14.0. The van der Waals surface area contributed by atoms with Gasteiger partial charge in [-0.25, -0.2) is 4.79 Å². The molecule has 0 aromatic rings. The molecule has 2 saturated heterocycles. The van der Waals surface area contributed by atoms with Gasteiger partial charge in [0.25, 0.3) is 0 Å². The lowest BCUT2D eigenvalue weighted by molar-refractivity contribution is -0.00256. The highest BCUT2D eigenvalue weighted by Gasteiger charge is 2.35. The number of hydrogen-bond acceptors (Lipinski definition) is 5. The third kappa shape index (κ3) is 8.37. The summed E-state index contributed by atoms with van der Waals surface area (Å²) in [6.45, 7) is 12.2. The molecule has 0 spiro atoms. The molecule has 1 amide bonds. The van der Waals surface area contributed by atoms with E-state index in [2.05, 4.69) is 36.6 Å². The van der Waals surface area contributed by atoms with E-state index in [4.69, 9.17) is 14.5 Å². The highest BCUT2D eigenvalue weighted by Crippen LogP contribution is 2.26. The lowest BCUT2D eigenvalue weighted by Gasteiger charge is -2.42. The van der Waals surface area contributed by atoms with Gasteiger partial charge in [0.1, 0.15) is 5.60 Å². The number of ether oxygens (including phenoxy) is 2. The molecule has 0 aromatic heterocycles. The summed E-state index contributed by atoms with van der Waals surface area (Å²) in [6, 6.07) is 0.166. The van der Waals surface area contributed by atoms with Gasteiger partial charge in [-0.15, -0.1) is 24.0 Å². The van der Waals surface area contributed by atoms with E-state index in [0.717, 1.165) is 64.5 Å². The van der Waals surface area contributed by atoms with Crippen LogP contribution in [0.25, 0.3) is 0 Å². The number of piperidine rings is 1. The molecular formula is C21H42IN5O3. The van der Waals surface area contributed by atoms with E-state index < -0.39 is 5.60 Å². The minimum absolute atomic E-state index is 0. The van der Waals surface area contributed by atoms with Crippen LogP contribution in [0.4, 0.5) is 4.79 Å². The molecule has 2 heterocycles. The van der Waals surface area contributed by atoms with Crippen molar-refractivity contribution >= 4 is 36.0 Å². The van der Waals surface area contributed by atoms with Crippen LogP contribution < -0.4 is 10.6 Å². The topological polar surface area (TPSA) is 78.4 Å². The Morgan fingerprint density at radius 1 is 1.30 bits per heavy atom. The second-order valence-corrected chi connectivity index (χ2v) is 9.34. The summed E-state index contributed by atoms with van der Waals surface area (Å²) >= 11 is 0. The van der Waals surface area contributed by atoms with Crippen LogP contribution >= 0.6 is 24.0 Å². The normalized spacial score (nSPS) is 22.3. The summed E-state index contributed by atoms with van der Waals surface area (Å²) in [4.78, 5) is 21.4. The van der Waals surface area contributed by atoms with Crippen LogP contribution in [0.3, 0.4) is 0 Å². The molecule has 0 aliphatic carbocycles. The third-order valence-corrected chi connectivity index (χ3v) is 5.66. The van der Waals surface area contributed by atoms with Crippen molar-refractivity contribution in [3.8, 4) is 0 Å². The first-order valence-electron chi connectivity index (χ1n) is 10.9. The lowest BCUT2D eigenvalue weighted by Crippen LogP contribution is -2.54. The Morgan fingerprint density at radius 2 is 1.97 bits per heavy atom. The number of rotatable bonds is 5. The molecule has 0 saturated carbocycles. The number of nitrogens with one attached hydrogen (secondary N) is 2. The number of nitrogens with zero attached hydrogens (tertiary/aromatic N) is 3. The average molecular weight is 540 g/mol. The molecule has 1 atom stereocenters. The Hall–Kier alpha value is -0.810. The van der Waals surface area contributed by atoms with Crippen LogP contribution in [0, 0.1) is 0 Å². The predicted molar refractivity (Wildman–Crippen MR) is 132 cm³/mol. The number of aliphatic imine (C=N–C) groups is 1. The minimum Gasteiger partial charge on any atom is -0.444 e. The van der Waals surface area contributed by atoms with Gasteiger partial charge >= 0.3 is 6.09 Å². The number of carbonyl (C=O) groups excluding carboxylic acids is 1. The van der Waals surface area contributed by atoms with Gasteiger partial charge in [0, 0.05) is 44.4 Å². The van der Waals surface area contributed by atoms with Gasteiger partial charge in [0.05, 0.1) is 6.54 Å². The highest BCUT2D eigenvalue weighted by atomic mass is 127. The van der Waals surface area contributed by atoms with E-state index in [9.17, 15) is 4.79 Å². The first-order chi connectivity index (χ1) is 13.6. The van der Waals surface area contributed by atoms with Gasteiger partial charge in [-0.05, 0) is 67.5 Å². The van der Waals surface area contributed by atoms with Crippen LogP contribution in [-0.2, 0) is 9.47 Å². The molecule has 9 heteroatoms. The van der Waals surface area contributed by atoms with Crippen molar-refractivity contribution in [1.82, 2.24) is 20.4 Å². The number of likely N-dealkylation sites (N-methyl/N-ethyl adjacent to an activating group) is 1. The number of amides is 1. The lowest BCUT2D eigenvalue weighted by atomic mass is 9.89. The molecule has 176 valence electrons. The number of halogens is 1. The Morgan fingerprint density at radius 3 is 2.53 bits per heavy atom. The van der Waals surface area contributed by atoms with E-state index in [-0.39, 0.29) is 41.7 Å². The van der Waals surface area contributed by atoms with Crippen LogP contribution in [0.1, 0.15) is 53.4 Å². The summed E-state index contributed by atoms with van der Waals surface area (Å²) in [7, 11) is 4.25. The Kier molecular flexibility index (Phi) is 11.1. The first kappa shape index (κ1) is 27.2. The van der Waals surface area contributed by atoms with Gasteiger partial charge in [-0.1, -0.05) is 0 Å².